The molecule has 0 fully saturated rings. The minimum Gasteiger partial charge on any atom is -0.478 e. The van der Waals surface area contributed by atoms with Crippen molar-refractivity contribution in [2.45, 2.75) is 25.7 Å². The zero-order valence-electron chi connectivity index (χ0n) is 10.0. The molecule has 0 spiro atoms. The molecule has 0 aromatic heterocycles. The third-order valence-corrected chi connectivity index (χ3v) is 2.63. The van der Waals surface area contributed by atoms with Crippen LogP contribution in [0.2, 0.25) is 0 Å². The van der Waals surface area contributed by atoms with E-state index in [-0.39, 0.29) is 0 Å². The second kappa shape index (κ2) is 7.27. The molecule has 1 aromatic carbocycles. The van der Waals surface area contributed by atoms with Gasteiger partial charge in [0.05, 0.1) is 0 Å². The summed E-state index contributed by atoms with van der Waals surface area (Å²) < 4.78 is 0. The molecule has 2 rings (SSSR count). The lowest BCUT2D eigenvalue weighted by Gasteiger charge is -2.13. The molecular formula is C14H16O4. The number of hydrogen-bond donors (Lipinski definition) is 2. The van der Waals surface area contributed by atoms with Gasteiger partial charge >= 0.3 is 11.9 Å². The Labute approximate surface area is 106 Å². The van der Waals surface area contributed by atoms with Crippen LogP contribution in [0.5, 0.6) is 0 Å². The topological polar surface area (TPSA) is 74.6 Å². The van der Waals surface area contributed by atoms with Gasteiger partial charge in [-0.15, -0.1) is 0 Å². The van der Waals surface area contributed by atoms with Crippen molar-refractivity contribution in [3.8, 4) is 0 Å². The highest BCUT2D eigenvalue weighted by molar-refractivity contribution is 5.89. The molecule has 0 unspecified atom stereocenters. The first-order valence-electron chi connectivity index (χ1n) is 5.80. The number of benzene rings is 1. The number of carbonyl (C=O) groups is 2. The summed E-state index contributed by atoms with van der Waals surface area (Å²) >= 11 is 0. The highest BCUT2D eigenvalue weighted by Gasteiger charge is 2.05. The smallest absolute Gasteiger partial charge is 0.328 e. The standard InChI is InChI=1S/C10H12.C4H4O4/c1-2-6-10-8-4-3-7-9(10)5-1;5-3(6)1-2-4(7)8/h1-2,5-6H,3-4,7-8H2;1-2H,(H,5,6)(H,7,8). The second-order valence-electron chi connectivity index (χ2n) is 3.99. The predicted octanol–water partition coefficient (Wildman–Crippen LogP) is 2.28. The van der Waals surface area contributed by atoms with Crippen LogP contribution in [0, 0.1) is 0 Å². The van der Waals surface area contributed by atoms with Gasteiger partial charge in [-0.2, -0.15) is 0 Å². The Kier molecular flexibility index (Phi) is 5.64. The number of carboxylic acids is 2. The fraction of sp³-hybridized carbons (Fsp3) is 0.286. The minimum absolute atomic E-state index is 0.558. The van der Waals surface area contributed by atoms with Gasteiger partial charge < -0.3 is 10.2 Å². The molecule has 0 aliphatic heterocycles. The summed E-state index contributed by atoms with van der Waals surface area (Å²) in [7, 11) is 0. The van der Waals surface area contributed by atoms with E-state index >= 15 is 0 Å². The van der Waals surface area contributed by atoms with Crippen molar-refractivity contribution >= 4 is 11.9 Å². The largest absolute Gasteiger partial charge is 0.478 e. The molecule has 0 saturated carbocycles. The molecule has 4 heteroatoms. The van der Waals surface area contributed by atoms with E-state index in [1.165, 1.54) is 25.7 Å². The summed E-state index contributed by atoms with van der Waals surface area (Å²) in [6.45, 7) is 0. The van der Waals surface area contributed by atoms with Gasteiger partial charge in [0.25, 0.3) is 0 Å². The molecule has 4 nitrogen and oxygen atoms in total. The molecule has 1 aliphatic rings. The van der Waals surface area contributed by atoms with Gasteiger partial charge in [0.15, 0.2) is 0 Å². The summed E-state index contributed by atoms with van der Waals surface area (Å²) in [5.41, 5.74) is 3.16. The fourth-order valence-corrected chi connectivity index (χ4v) is 1.82. The van der Waals surface area contributed by atoms with Gasteiger partial charge in [-0.25, -0.2) is 9.59 Å². The summed E-state index contributed by atoms with van der Waals surface area (Å²) in [6, 6.07) is 8.80. The monoisotopic (exact) mass is 248 g/mol. The number of fused-ring (bicyclic) bond motifs is 1. The van der Waals surface area contributed by atoms with Gasteiger partial charge in [-0.05, 0) is 36.8 Å². The maximum atomic E-state index is 9.55. The molecule has 96 valence electrons. The van der Waals surface area contributed by atoms with Gasteiger partial charge in [0.2, 0.25) is 0 Å². The number of aryl methyl sites for hydroxylation is 2. The van der Waals surface area contributed by atoms with E-state index in [9.17, 15) is 9.59 Å². The van der Waals surface area contributed by atoms with Crippen LogP contribution in [0.4, 0.5) is 0 Å². The third-order valence-electron chi connectivity index (χ3n) is 2.63. The quantitative estimate of drug-likeness (QED) is 0.787. The molecule has 2 N–H and O–H groups in total. The van der Waals surface area contributed by atoms with Gasteiger partial charge in [0.1, 0.15) is 0 Å². The Balaban J connectivity index is 0.000000187. The van der Waals surface area contributed by atoms with Gasteiger partial charge in [-0.3, -0.25) is 0 Å². The van der Waals surface area contributed by atoms with Crippen molar-refractivity contribution in [2.75, 3.05) is 0 Å². The Hall–Kier alpha value is -2.10. The lowest BCUT2D eigenvalue weighted by Crippen LogP contribution is -2.00. The van der Waals surface area contributed by atoms with E-state index in [1.54, 1.807) is 11.1 Å². The van der Waals surface area contributed by atoms with Crippen molar-refractivity contribution in [2.24, 2.45) is 0 Å². The molecular weight excluding hydrogens is 232 g/mol. The molecule has 0 bridgehead atoms. The van der Waals surface area contributed by atoms with E-state index in [2.05, 4.69) is 24.3 Å². The van der Waals surface area contributed by atoms with E-state index < -0.39 is 11.9 Å². The van der Waals surface area contributed by atoms with Crippen molar-refractivity contribution in [3.63, 3.8) is 0 Å². The normalized spacial score (nSPS) is 13.3. The lowest BCUT2D eigenvalue weighted by molar-refractivity contribution is -0.134. The molecule has 0 radical (unpaired) electrons. The van der Waals surface area contributed by atoms with Crippen LogP contribution >= 0.6 is 0 Å². The van der Waals surface area contributed by atoms with Crippen LogP contribution in [0.15, 0.2) is 36.4 Å². The molecule has 0 atom stereocenters. The van der Waals surface area contributed by atoms with Crippen LogP contribution in [0.1, 0.15) is 24.0 Å². The van der Waals surface area contributed by atoms with Crippen molar-refractivity contribution < 1.29 is 19.8 Å². The Morgan fingerprint density at radius 2 is 1.28 bits per heavy atom. The third kappa shape index (κ3) is 5.30. The van der Waals surface area contributed by atoms with Crippen LogP contribution in [-0.4, -0.2) is 22.2 Å². The molecule has 0 amide bonds. The van der Waals surface area contributed by atoms with E-state index in [4.69, 9.17) is 10.2 Å². The highest BCUT2D eigenvalue weighted by Crippen LogP contribution is 2.19. The summed E-state index contributed by atoms with van der Waals surface area (Å²) in [4.78, 5) is 19.1. The number of aliphatic carboxylic acids is 2. The first kappa shape index (κ1) is 14.0. The van der Waals surface area contributed by atoms with Crippen molar-refractivity contribution in [1.29, 1.82) is 0 Å². The Morgan fingerprint density at radius 1 is 0.889 bits per heavy atom. The number of hydrogen-bond acceptors (Lipinski definition) is 2. The molecule has 18 heavy (non-hydrogen) atoms. The SMILES string of the molecule is O=C(O)C=CC(=O)O.c1ccc2c(c1)CCCC2. The Bertz CT molecular complexity index is 408. The zero-order valence-corrected chi connectivity index (χ0v) is 10.0. The molecule has 0 heterocycles. The van der Waals surface area contributed by atoms with Crippen LogP contribution < -0.4 is 0 Å². The average molecular weight is 248 g/mol. The molecule has 1 aliphatic carbocycles. The van der Waals surface area contributed by atoms with E-state index in [1.807, 2.05) is 0 Å². The first-order valence-corrected chi connectivity index (χ1v) is 5.80. The first-order chi connectivity index (χ1) is 8.59. The fourth-order valence-electron chi connectivity index (χ4n) is 1.82. The number of rotatable bonds is 2. The lowest BCUT2D eigenvalue weighted by atomic mass is 9.92. The summed E-state index contributed by atoms with van der Waals surface area (Å²) in [5, 5.41) is 15.6. The number of carboxylic acid groups (broad SMARTS) is 2. The summed E-state index contributed by atoms with van der Waals surface area (Å²) in [5.74, 6) is -2.51. The van der Waals surface area contributed by atoms with E-state index in [0.717, 1.165) is 0 Å². The molecule has 0 saturated heterocycles. The van der Waals surface area contributed by atoms with E-state index in [0.29, 0.717) is 12.2 Å². The van der Waals surface area contributed by atoms with Gasteiger partial charge in [-0.1, -0.05) is 24.3 Å². The maximum Gasteiger partial charge on any atom is 0.328 e. The average Bonchev–Trinajstić information content (AvgIpc) is 2.37. The van der Waals surface area contributed by atoms with Gasteiger partial charge in [0, 0.05) is 12.2 Å². The zero-order chi connectivity index (χ0) is 13.4. The summed E-state index contributed by atoms with van der Waals surface area (Å²) in [6.07, 6.45) is 6.49. The van der Waals surface area contributed by atoms with Crippen LogP contribution in [-0.2, 0) is 22.4 Å². The van der Waals surface area contributed by atoms with Crippen LogP contribution in [0.3, 0.4) is 0 Å². The highest BCUT2D eigenvalue weighted by atomic mass is 16.4. The molecule has 1 aromatic rings. The van der Waals surface area contributed by atoms with Crippen molar-refractivity contribution in [1.82, 2.24) is 0 Å². The Morgan fingerprint density at radius 3 is 1.61 bits per heavy atom. The second-order valence-corrected chi connectivity index (χ2v) is 3.99. The van der Waals surface area contributed by atoms with Crippen LogP contribution in [0.25, 0.3) is 0 Å². The minimum atomic E-state index is -1.26. The maximum absolute atomic E-state index is 9.55. The predicted molar refractivity (Wildman–Crippen MR) is 67.5 cm³/mol. The van der Waals surface area contributed by atoms with Crippen molar-refractivity contribution in [3.05, 3.63) is 47.5 Å².